The standard InChI is InChI=1S/C20H18F3IN6O2/c21-13-3-2-12(17(16(13)23)29-15-4-1-11(24)5-14(15)22)18(31)30-7-20(32,8-30)6-26-19-27-9-25-10-28-19/h1-5,9,29,32H,6-8,10H2,(H2,25,26,27,28). The fraction of sp³-hybridized carbons (Fsp3) is 0.250. The minimum absolute atomic E-state index is 0.0373. The fourth-order valence-electron chi connectivity index (χ4n) is 3.32. The van der Waals surface area contributed by atoms with Crippen molar-refractivity contribution in [1.29, 1.82) is 0 Å². The molecule has 0 aromatic heterocycles. The Morgan fingerprint density at radius 3 is 2.69 bits per heavy atom. The molecule has 0 atom stereocenters. The molecule has 2 aromatic carbocycles. The molecule has 0 radical (unpaired) electrons. The van der Waals surface area contributed by atoms with Gasteiger partial charge in [0.15, 0.2) is 11.6 Å². The lowest BCUT2D eigenvalue weighted by molar-refractivity contribution is -0.0761. The van der Waals surface area contributed by atoms with Gasteiger partial charge in [-0.25, -0.2) is 23.2 Å². The van der Waals surface area contributed by atoms with Gasteiger partial charge in [0.1, 0.15) is 18.1 Å². The number of hydrogen-bond donors (Lipinski definition) is 4. The number of carbonyl (C=O) groups excluding carboxylic acids is 1. The molecule has 4 N–H and O–H groups in total. The van der Waals surface area contributed by atoms with E-state index in [0.717, 1.165) is 12.1 Å². The Morgan fingerprint density at radius 1 is 1.22 bits per heavy atom. The van der Waals surface area contributed by atoms with Gasteiger partial charge >= 0.3 is 0 Å². The molecule has 2 heterocycles. The van der Waals surface area contributed by atoms with Crippen molar-refractivity contribution in [3.63, 3.8) is 0 Å². The number of halogens is 4. The summed E-state index contributed by atoms with van der Waals surface area (Å²) in [5.74, 6) is -3.42. The lowest BCUT2D eigenvalue weighted by Crippen LogP contribution is -2.67. The number of amides is 1. The number of hydrogen-bond acceptors (Lipinski definition) is 7. The normalized spacial score (nSPS) is 16.7. The monoisotopic (exact) mass is 558 g/mol. The Bertz CT molecular complexity index is 1120. The minimum atomic E-state index is -1.30. The first-order valence-corrected chi connectivity index (χ1v) is 10.6. The van der Waals surface area contributed by atoms with Crippen molar-refractivity contribution >= 4 is 52.2 Å². The summed E-state index contributed by atoms with van der Waals surface area (Å²) in [7, 11) is 0. The summed E-state index contributed by atoms with van der Waals surface area (Å²) in [6.07, 6.45) is 1.48. The van der Waals surface area contributed by atoms with Gasteiger partial charge in [-0.15, -0.1) is 0 Å². The van der Waals surface area contributed by atoms with Crippen LogP contribution in [0.1, 0.15) is 10.4 Å². The van der Waals surface area contributed by atoms with Crippen LogP contribution in [0.15, 0.2) is 40.3 Å². The smallest absolute Gasteiger partial charge is 0.256 e. The summed E-state index contributed by atoms with van der Waals surface area (Å²) in [4.78, 5) is 22.3. The first kappa shape index (κ1) is 22.3. The van der Waals surface area contributed by atoms with Gasteiger partial charge in [-0.3, -0.25) is 4.79 Å². The summed E-state index contributed by atoms with van der Waals surface area (Å²) in [6.45, 7) is 0.389. The van der Waals surface area contributed by atoms with Crippen LogP contribution < -0.4 is 16.0 Å². The van der Waals surface area contributed by atoms with Crippen molar-refractivity contribution < 1.29 is 23.1 Å². The molecule has 0 spiro atoms. The van der Waals surface area contributed by atoms with Gasteiger partial charge in [0.2, 0.25) is 5.96 Å². The molecule has 1 saturated heterocycles. The number of carbonyl (C=O) groups is 1. The van der Waals surface area contributed by atoms with Crippen LogP contribution in [0.2, 0.25) is 0 Å². The lowest BCUT2D eigenvalue weighted by Gasteiger charge is -2.46. The van der Waals surface area contributed by atoms with E-state index in [2.05, 4.69) is 25.9 Å². The Labute approximate surface area is 194 Å². The summed E-state index contributed by atoms with van der Waals surface area (Å²) in [6, 6.07) is 6.14. The van der Waals surface area contributed by atoms with Crippen LogP contribution in [0, 0.1) is 21.0 Å². The second-order valence-electron chi connectivity index (χ2n) is 7.37. The van der Waals surface area contributed by atoms with Gasteiger partial charge in [-0.2, -0.15) is 0 Å². The van der Waals surface area contributed by atoms with E-state index in [1.807, 2.05) is 22.6 Å². The molecule has 0 aliphatic carbocycles. The molecule has 2 aromatic rings. The Kier molecular flexibility index (Phi) is 6.24. The molecule has 4 rings (SSSR count). The van der Waals surface area contributed by atoms with E-state index in [0.29, 0.717) is 16.2 Å². The van der Waals surface area contributed by atoms with E-state index in [-0.39, 0.29) is 30.9 Å². The van der Waals surface area contributed by atoms with Crippen LogP contribution in [-0.2, 0) is 0 Å². The minimum Gasteiger partial charge on any atom is -0.384 e. The topological polar surface area (TPSA) is 101 Å². The van der Waals surface area contributed by atoms with Gasteiger partial charge in [-0.05, 0) is 52.9 Å². The highest BCUT2D eigenvalue weighted by molar-refractivity contribution is 14.1. The van der Waals surface area contributed by atoms with Gasteiger partial charge in [0.25, 0.3) is 5.91 Å². The summed E-state index contributed by atoms with van der Waals surface area (Å²) >= 11 is 1.92. The second kappa shape index (κ2) is 8.94. The Balaban J connectivity index is 1.49. The molecule has 2 aliphatic rings. The maximum Gasteiger partial charge on any atom is 0.256 e. The average molecular weight is 558 g/mol. The SMILES string of the molecule is O=C(c1ccc(F)c(F)c1Nc1ccc(I)cc1F)N1CC(O)(CNC2=NCNC=N2)C1. The number of aliphatic imine (C=N–C) groups is 2. The Hall–Kier alpha value is -2.87. The van der Waals surface area contributed by atoms with Crippen LogP contribution in [0.5, 0.6) is 0 Å². The molecule has 0 bridgehead atoms. The van der Waals surface area contributed by atoms with Crippen LogP contribution >= 0.6 is 22.6 Å². The highest BCUT2D eigenvalue weighted by Crippen LogP contribution is 2.31. The predicted molar refractivity (Wildman–Crippen MR) is 122 cm³/mol. The number of guanidine groups is 1. The molecule has 0 saturated carbocycles. The third-order valence-corrected chi connectivity index (χ3v) is 5.62. The number of benzene rings is 2. The van der Waals surface area contributed by atoms with E-state index in [9.17, 15) is 23.1 Å². The number of β-amino-alcohol motifs (C(OH)–C–C–N with tert-alkyl or cyclic N) is 1. The predicted octanol–water partition coefficient (Wildman–Crippen LogP) is 2.17. The quantitative estimate of drug-likeness (QED) is 0.422. The molecule has 1 fully saturated rings. The third kappa shape index (κ3) is 4.65. The number of anilines is 2. The first-order chi connectivity index (χ1) is 15.3. The number of likely N-dealkylation sites (tertiary alicyclic amines) is 1. The number of nitrogens with zero attached hydrogens (tertiary/aromatic N) is 3. The van der Waals surface area contributed by atoms with E-state index in [1.165, 1.54) is 23.4 Å². The molecule has 0 unspecified atom stereocenters. The van der Waals surface area contributed by atoms with Gasteiger partial charge < -0.3 is 26.0 Å². The van der Waals surface area contributed by atoms with Crippen molar-refractivity contribution in [2.75, 3.05) is 31.6 Å². The van der Waals surface area contributed by atoms with Crippen LogP contribution in [0.25, 0.3) is 0 Å². The zero-order valence-corrected chi connectivity index (χ0v) is 18.7. The number of rotatable bonds is 5. The van der Waals surface area contributed by atoms with E-state index in [4.69, 9.17) is 0 Å². The van der Waals surface area contributed by atoms with E-state index >= 15 is 0 Å². The molecule has 12 heteroatoms. The average Bonchev–Trinajstić information content (AvgIpc) is 2.75. The molecule has 1 amide bonds. The van der Waals surface area contributed by atoms with Crippen molar-refractivity contribution in [3.05, 3.63) is 56.9 Å². The van der Waals surface area contributed by atoms with E-state index < -0.39 is 34.6 Å². The number of aliphatic hydroxyl groups is 1. The van der Waals surface area contributed by atoms with Crippen LogP contribution in [0.3, 0.4) is 0 Å². The van der Waals surface area contributed by atoms with Gasteiger partial charge in [0.05, 0.1) is 36.4 Å². The molecule has 168 valence electrons. The maximum atomic E-state index is 14.6. The zero-order chi connectivity index (χ0) is 22.9. The third-order valence-electron chi connectivity index (χ3n) is 4.95. The second-order valence-corrected chi connectivity index (χ2v) is 8.62. The molecular weight excluding hydrogens is 540 g/mol. The summed E-state index contributed by atoms with van der Waals surface area (Å²) < 4.78 is 43.3. The molecule has 2 aliphatic heterocycles. The first-order valence-electron chi connectivity index (χ1n) is 9.52. The Morgan fingerprint density at radius 2 is 2.00 bits per heavy atom. The maximum absolute atomic E-state index is 14.6. The van der Waals surface area contributed by atoms with Gasteiger partial charge in [-0.1, -0.05) is 0 Å². The number of nitrogens with one attached hydrogen (secondary N) is 3. The van der Waals surface area contributed by atoms with Crippen LogP contribution in [0.4, 0.5) is 24.5 Å². The van der Waals surface area contributed by atoms with Crippen molar-refractivity contribution in [1.82, 2.24) is 15.5 Å². The zero-order valence-electron chi connectivity index (χ0n) is 16.5. The van der Waals surface area contributed by atoms with E-state index in [1.54, 1.807) is 6.07 Å². The van der Waals surface area contributed by atoms with Crippen molar-refractivity contribution in [2.24, 2.45) is 9.98 Å². The van der Waals surface area contributed by atoms with Gasteiger partial charge in [0, 0.05) is 10.1 Å². The molecule has 8 nitrogen and oxygen atoms in total. The van der Waals surface area contributed by atoms with Crippen LogP contribution in [-0.4, -0.2) is 60.1 Å². The summed E-state index contributed by atoms with van der Waals surface area (Å²) in [5.41, 5.74) is -1.98. The largest absolute Gasteiger partial charge is 0.384 e. The summed E-state index contributed by atoms with van der Waals surface area (Å²) in [5, 5.41) is 18.8. The lowest BCUT2D eigenvalue weighted by atomic mass is 9.93. The van der Waals surface area contributed by atoms with Crippen molar-refractivity contribution in [2.45, 2.75) is 5.60 Å². The highest BCUT2D eigenvalue weighted by Gasteiger charge is 2.44. The molecular formula is C20H18F3IN6O2. The molecule has 32 heavy (non-hydrogen) atoms. The fourth-order valence-corrected chi connectivity index (χ4v) is 3.77. The van der Waals surface area contributed by atoms with Crippen molar-refractivity contribution in [3.8, 4) is 0 Å². The highest BCUT2D eigenvalue weighted by atomic mass is 127.